The van der Waals surface area contributed by atoms with Crippen LogP contribution in [0.15, 0.2) is 54.6 Å². The van der Waals surface area contributed by atoms with E-state index < -0.39 is 5.92 Å². The molecule has 0 bridgehead atoms. The fourth-order valence-electron chi connectivity index (χ4n) is 2.77. The van der Waals surface area contributed by atoms with Crippen LogP contribution in [0.25, 0.3) is 6.08 Å². The molecule has 2 aromatic rings. The second kappa shape index (κ2) is 10.3. The smallest absolute Gasteiger partial charge is 0.310 e. The Morgan fingerprint density at radius 3 is 2.46 bits per heavy atom. The van der Waals surface area contributed by atoms with Crippen LogP contribution in [0.1, 0.15) is 23.6 Å². The van der Waals surface area contributed by atoms with Crippen LogP contribution in [0.4, 0.5) is 0 Å². The van der Waals surface area contributed by atoms with Crippen molar-refractivity contribution in [2.45, 2.75) is 20.4 Å². The molecule has 148 valence electrons. The second-order valence-electron chi connectivity index (χ2n) is 6.74. The molecule has 1 amide bonds. The van der Waals surface area contributed by atoms with Gasteiger partial charge in [0.25, 0.3) is 0 Å². The quantitative estimate of drug-likeness (QED) is 0.515. The van der Waals surface area contributed by atoms with Gasteiger partial charge in [0.05, 0.1) is 20.1 Å². The van der Waals surface area contributed by atoms with E-state index in [0.29, 0.717) is 6.54 Å². The average molecular weight is 381 g/mol. The molecular formula is C23H27NO4. The van der Waals surface area contributed by atoms with Gasteiger partial charge in [-0.1, -0.05) is 48.9 Å². The van der Waals surface area contributed by atoms with Crippen molar-refractivity contribution < 1.29 is 19.1 Å². The lowest BCUT2D eigenvalue weighted by atomic mass is 10.1. The molecule has 0 aromatic heterocycles. The van der Waals surface area contributed by atoms with Gasteiger partial charge in [-0.05, 0) is 36.3 Å². The van der Waals surface area contributed by atoms with Gasteiger partial charge in [-0.2, -0.15) is 0 Å². The minimum atomic E-state index is -0.412. The number of carbonyl (C=O) groups excluding carboxylic acids is 2. The van der Waals surface area contributed by atoms with E-state index in [-0.39, 0.29) is 18.4 Å². The van der Waals surface area contributed by atoms with Crippen molar-refractivity contribution in [1.82, 2.24) is 4.90 Å². The Morgan fingerprint density at radius 1 is 1.11 bits per heavy atom. The van der Waals surface area contributed by atoms with E-state index in [1.165, 1.54) is 13.2 Å². The molecule has 0 aliphatic heterocycles. The van der Waals surface area contributed by atoms with Crippen molar-refractivity contribution in [1.29, 1.82) is 0 Å². The number of rotatable bonds is 8. The summed E-state index contributed by atoms with van der Waals surface area (Å²) in [4.78, 5) is 26.3. The van der Waals surface area contributed by atoms with Crippen LogP contribution in [-0.4, -0.2) is 37.5 Å². The summed E-state index contributed by atoms with van der Waals surface area (Å²) >= 11 is 0. The van der Waals surface area contributed by atoms with Crippen LogP contribution in [0.5, 0.6) is 5.75 Å². The highest BCUT2D eigenvalue weighted by molar-refractivity contribution is 5.92. The summed E-state index contributed by atoms with van der Waals surface area (Å²) < 4.78 is 10.0. The number of hydrogen-bond donors (Lipinski definition) is 0. The van der Waals surface area contributed by atoms with Crippen molar-refractivity contribution in [3.8, 4) is 5.75 Å². The molecule has 5 nitrogen and oxygen atoms in total. The van der Waals surface area contributed by atoms with Crippen LogP contribution < -0.4 is 4.74 Å². The molecule has 0 aliphatic carbocycles. The van der Waals surface area contributed by atoms with Crippen molar-refractivity contribution in [2.75, 3.05) is 20.8 Å². The van der Waals surface area contributed by atoms with Crippen molar-refractivity contribution in [2.24, 2.45) is 5.92 Å². The molecule has 28 heavy (non-hydrogen) atoms. The van der Waals surface area contributed by atoms with E-state index in [2.05, 4.69) is 0 Å². The lowest BCUT2D eigenvalue weighted by Crippen LogP contribution is -2.35. The number of amides is 1. The summed E-state index contributed by atoms with van der Waals surface area (Å²) in [5.74, 6) is -0.187. The molecule has 0 aliphatic rings. The van der Waals surface area contributed by atoms with E-state index in [1.54, 1.807) is 25.0 Å². The number of ether oxygens (including phenoxy) is 2. The number of benzene rings is 2. The highest BCUT2D eigenvalue weighted by Gasteiger charge is 2.20. The molecule has 0 spiro atoms. The predicted molar refractivity (Wildman–Crippen MR) is 110 cm³/mol. The number of nitrogens with zero attached hydrogens (tertiary/aromatic N) is 1. The molecule has 1 atom stereocenters. The number of hydrogen-bond acceptors (Lipinski definition) is 4. The third-order valence-electron chi connectivity index (χ3n) is 4.42. The maximum absolute atomic E-state index is 12.8. The van der Waals surface area contributed by atoms with Crippen molar-refractivity contribution in [3.05, 3.63) is 71.3 Å². The van der Waals surface area contributed by atoms with Crippen LogP contribution in [-0.2, 0) is 20.9 Å². The van der Waals surface area contributed by atoms with Crippen LogP contribution in [0.3, 0.4) is 0 Å². The predicted octanol–water partition coefficient (Wildman–Crippen LogP) is 3.85. The highest BCUT2D eigenvalue weighted by Crippen LogP contribution is 2.15. The normalized spacial score (nSPS) is 11.9. The van der Waals surface area contributed by atoms with Gasteiger partial charge >= 0.3 is 5.97 Å². The third kappa shape index (κ3) is 6.27. The lowest BCUT2D eigenvalue weighted by Gasteiger charge is -2.24. The summed E-state index contributed by atoms with van der Waals surface area (Å²) in [6, 6.07) is 15.5. The molecule has 0 saturated heterocycles. The molecule has 0 N–H and O–H groups in total. The Morgan fingerprint density at radius 2 is 1.82 bits per heavy atom. The summed E-state index contributed by atoms with van der Waals surface area (Å²) in [7, 11) is 2.96. The number of carbonyl (C=O) groups is 2. The maximum atomic E-state index is 12.8. The molecule has 0 radical (unpaired) electrons. The number of esters is 1. The van der Waals surface area contributed by atoms with Crippen molar-refractivity contribution in [3.63, 3.8) is 0 Å². The minimum absolute atomic E-state index is 0.167. The van der Waals surface area contributed by atoms with Gasteiger partial charge in [0.2, 0.25) is 5.91 Å². The fourth-order valence-corrected chi connectivity index (χ4v) is 2.77. The van der Waals surface area contributed by atoms with E-state index in [0.717, 1.165) is 22.4 Å². The van der Waals surface area contributed by atoms with Crippen molar-refractivity contribution >= 4 is 18.0 Å². The minimum Gasteiger partial charge on any atom is -0.497 e. The first-order valence-electron chi connectivity index (χ1n) is 9.17. The van der Waals surface area contributed by atoms with Crippen LogP contribution in [0.2, 0.25) is 0 Å². The summed E-state index contributed by atoms with van der Waals surface area (Å²) in [5.41, 5.74) is 3.03. The molecule has 0 fully saturated rings. The van der Waals surface area contributed by atoms with E-state index in [9.17, 15) is 9.59 Å². The number of aryl methyl sites for hydroxylation is 1. The maximum Gasteiger partial charge on any atom is 0.310 e. The Hall–Kier alpha value is -3.08. The van der Waals surface area contributed by atoms with Crippen LogP contribution in [0, 0.1) is 12.8 Å². The molecule has 5 heteroatoms. The molecule has 0 saturated carbocycles. The van der Waals surface area contributed by atoms with E-state index >= 15 is 0 Å². The first kappa shape index (κ1) is 21.2. The van der Waals surface area contributed by atoms with Gasteiger partial charge in [-0.3, -0.25) is 9.59 Å². The highest BCUT2D eigenvalue weighted by atomic mass is 16.5. The zero-order valence-electron chi connectivity index (χ0n) is 16.8. The first-order valence-corrected chi connectivity index (χ1v) is 9.17. The SMILES string of the molecule is COC(=O)C(C)CN(Cc1ccc(C)cc1)C(=O)/C=C/c1cccc(OC)c1. The Kier molecular flexibility index (Phi) is 7.81. The largest absolute Gasteiger partial charge is 0.497 e. The van der Waals surface area contributed by atoms with Gasteiger partial charge < -0.3 is 14.4 Å². The number of methoxy groups -OCH3 is 2. The fraction of sp³-hybridized carbons (Fsp3) is 0.304. The Bertz CT molecular complexity index is 827. The van der Waals surface area contributed by atoms with Gasteiger partial charge in [-0.25, -0.2) is 0 Å². The molecule has 2 aromatic carbocycles. The van der Waals surface area contributed by atoms with Gasteiger partial charge in [0.15, 0.2) is 0 Å². The summed E-state index contributed by atoms with van der Waals surface area (Å²) in [6.45, 7) is 4.47. The lowest BCUT2D eigenvalue weighted by molar-refractivity contribution is -0.146. The first-order chi connectivity index (χ1) is 13.4. The van der Waals surface area contributed by atoms with E-state index in [1.807, 2.05) is 55.5 Å². The Balaban J connectivity index is 2.17. The standard InChI is InChI=1S/C23H27NO4/c1-17-8-10-20(11-9-17)16-24(15-18(2)23(26)28-4)22(25)13-12-19-6-5-7-21(14-19)27-3/h5-14,18H,15-16H2,1-4H3/b13-12+. The molecule has 1 unspecified atom stereocenters. The summed E-state index contributed by atoms with van der Waals surface area (Å²) in [5, 5.41) is 0. The molecule has 0 heterocycles. The van der Waals surface area contributed by atoms with Crippen LogP contribution >= 0.6 is 0 Å². The molecular weight excluding hydrogens is 354 g/mol. The monoisotopic (exact) mass is 381 g/mol. The zero-order chi connectivity index (χ0) is 20.5. The van der Waals surface area contributed by atoms with E-state index in [4.69, 9.17) is 9.47 Å². The van der Waals surface area contributed by atoms with Gasteiger partial charge in [0.1, 0.15) is 5.75 Å². The average Bonchev–Trinajstić information content (AvgIpc) is 2.72. The van der Waals surface area contributed by atoms with Gasteiger partial charge in [-0.15, -0.1) is 0 Å². The Labute approximate surface area is 166 Å². The molecule has 2 rings (SSSR count). The summed E-state index contributed by atoms with van der Waals surface area (Å²) in [6.07, 6.45) is 3.27. The third-order valence-corrected chi connectivity index (χ3v) is 4.42. The van der Waals surface area contributed by atoms with Gasteiger partial charge in [0, 0.05) is 19.2 Å². The zero-order valence-corrected chi connectivity index (χ0v) is 16.8. The topological polar surface area (TPSA) is 55.8 Å². The second-order valence-corrected chi connectivity index (χ2v) is 6.74.